The molecule has 0 fully saturated rings. The number of allylic oxidation sites excluding steroid dienone is 8. The summed E-state index contributed by atoms with van der Waals surface area (Å²) < 4.78 is 0. The van der Waals surface area contributed by atoms with Crippen LogP contribution in [0.2, 0.25) is 0 Å². The Bertz CT molecular complexity index is 450. The van der Waals surface area contributed by atoms with Gasteiger partial charge in [-0.15, -0.1) is 0 Å². The van der Waals surface area contributed by atoms with E-state index in [0.29, 0.717) is 0 Å². The molecule has 112 valence electrons. The SMILES string of the molecule is NC(=O)N1C=CC=CC=C1.NC(=O)N1C=CC=CC=C1.O. The molecule has 0 radical (unpaired) electrons. The largest absolute Gasteiger partial charge is 0.412 e. The quantitative estimate of drug-likeness (QED) is 0.693. The summed E-state index contributed by atoms with van der Waals surface area (Å²) in [5.74, 6) is 0. The van der Waals surface area contributed by atoms with E-state index >= 15 is 0 Å². The van der Waals surface area contributed by atoms with Gasteiger partial charge in [-0.25, -0.2) is 9.59 Å². The first-order valence-corrected chi connectivity index (χ1v) is 5.80. The van der Waals surface area contributed by atoms with E-state index in [1.807, 2.05) is 24.3 Å². The van der Waals surface area contributed by atoms with E-state index in [9.17, 15) is 9.59 Å². The molecule has 0 unspecified atom stereocenters. The van der Waals surface area contributed by atoms with Crippen LogP contribution in [0, 0.1) is 0 Å². The number of nitrogens with zero attached hydrogens (tertiary/aromatic N) is 2. The molecule has 0 bridgehead atoms. The fourth-order valence-corrected chi connectivity index (χ4v) is 1.22. The van der Waals surface area contributed by atoms with E-state index in [0.717, 1.165) is 0 Å². The van der Waals surface area contributed by atoms with E-state index in [1.165, 1.54) is 9.80 Å². The zero-order valence-electron chi connectivity index (χ0n) is 11.3. The maximum absolute atomic E-state index is 10.5. The Hall–Kier alpha value is -3.06. The zero-order chi connectivity index (χ0) is 14.8. The van der Waals surface area contributed by atoms with E-state index in [2.05, 4.69) is 0 Å². The number of primary amides is 2. The van der Waals surface area contributed by atoms with Crippen LogP contribution < -0.4 is 11.5 Å². The van der Waals surface area contributed by atoms with Crippen LogP contribution in [0.4, 0.5) is 9.59 Å². The van der Waals surface area contributed by atoms with Crippen molar-refractivity contribution in [3.8, 4) is 0 Å². The van der Waals surface area contributed by atoms with Crippen LogP contribution in [0.1, 0.15) is 0 Å². The number of nitrogens with two attached hydrogens (primary N) is 2. The van der Waals surface area contributed by atoms with E-state index in [4.69, 9.17) is 11.5 Å². The number of hydrogen-bond donors (Lipinski definition) is 2. The molecule has 21 heavy (non-hydrogen) atoms. The Balaban J connectivity index is 0.000000364. The third-order valence-corrected chi connectivity index (χ3v) is 2.16. The van der Waals surface area contributed by atoms with Crippen LogP contribution in [-0.4, -0.2) is 27.3 Å². The Morgan fingerprint density at radius 3 is 1.00 bits per heavy atom. The van der Waals surface area contributed by atoms with Gasteiger partial charge in [0.15, 0.2) is 0 Å². The van der Waals surface area contributed by atoms with Gasteiger partial charge in [-0.1, -0.05) is 24.3 Å². The average molecular weight is 290 g/mol. The van der Waals surface area contributed by atoms with Crippen molar-refractivity contribution in [3.63, 3.8) is 0 Å². The van der Waals surface area contributed by atoms with Gasteiger partial charge >= 0.3 is 12.1 Å². The second-order valence-corrected chi connectivity index (χ2v) is 3.63. The molecular weight excluding hydrogens is 272 g/mol. The maximum atomic E-state index is 10.5. The lowest BCUT2D eigenvalue weighted by Gasteiger charge is -2.06. The molecule has 0 aromatic heterocycles. The average Bonchev–Trinajstić information content (AvgIpc) is 2.84. The molecule has 7 heteroatoms. The van der Waals surface area contributed by atoms with Crippen LogP contribution in [0.25, 0.3) is 0 Å². The summed E-state index contributed by atoms with van der Waals surface area (Å²) >= 11 is 0. The minimum atomic E-state index is -0.476. The van der Waals surface area contributed by atoms with E-state index in [1.54, 1.807) is 49.1 Å². The highest BCUT2D eigenvalue weighted by atomic mass is 16.2. The van der Waals surface area contributed by atoms with Gasteiger partial charge in [-0.3, -0.25) is 9.80 Å². The van der Waals surface area contributed by atoms with Crippen LogP contribution >= 0.6 is 0 Å². The normalized spacial score (nSPS) is 14.7. The van der Waals surface area contributed by atoms with Crippen molar-refractivity contribution in [3.05, 3.63) is 73.4 Å². The molecule has 2 heterocycles. The van der Waals surface area contributed by atoms with Crippen LogP contribution in [0.3, 0.4) is 0 Å². The maximum Gasteiger partial charge on any atom is 0.322 e. The summed E-state index contributed by atoms with van der Waals surface area (Å²) in [6, 6.07) is -0.951. The van der Waals surface area contributed by atoms with E-state index in [-0.39, 0.29) is 5.48 Å². The summed E-state index contributed by atoms with van der Waals surface area (Å²) in [6.45, 7) is 0. The van der Waals surface area contributed by atoms with Gasteiger partial charge in [0.2, 0.25) is 0 Å². The van der Waals surface area contributed by atoms with Crippen molar-refractivity contribution in [1.82, 2.24) is 9.80 Å². The molecule has 0 aromatic rings. The molecule has 0 atom stereocenters. The summed E-state index contributed by atoms with van der Waals surface area (Å²) in [5.41, 5.74) is 9.99. The number of urea groups is 2. The Labute approximate surface area is 122 Å². The smallest absolute Gasteiger partial charge is 0.322 e. The second-order valence-electron chi connectivity index (χ2n) is 3.63. The number of carbonyl (C=O) groups excluding carboxylic acids is 2. The first kappa shape index (κ1) is 17.9. The Morgan fingerprint density at radius 1 is 0.571 bits per heavy atom. The molecule has 2 rings (SSSR count). The van der Waals surface area contributed by atoms with Crippen LogP contribution in [0.15, 0.2) is 73.4 Å². The molecular formula is C14H18N4O3. The molecule has 2 aliphatic heterocycles. The molecule has 0 aromatic carbocycles. The molecule has 2 aliphatic rings. The van der Waals surface area contributed by atoms with Gasteiger partial charge in [-0.2, -0.15) is 0 Å². The number of hydrogen-bond acceptors (Lipinski definition) is 2. The highest BCUT2D eigenvalue weighted by Gasteiger charge is 2.00. The highest BCUT2D eigenvalue weighted by molar-refractivity contribution is 5.75. The standard InChI is InChI=1S/2C7H8N2O.H2O/c2*8-7(10)9-5-3-1-2-4-6-9;/h2*1-6H,(H2,8,10);1H2. The molecule has 6 N–H and O–H groups in total. The van der Waals surface area contributed by atoms with Crippen molar-refractivity contribution in [2.45, 2.75) is 0 Å². The van der Waals surface area contributed by atoms with Gasteiger partial charge in [0.05, 0.1) is 0 Å². The van der Waals surface area contributed by atoms with Crippen LogP contribution in [-0.2, 0) is 0 Å². The fraction of sp³-hybridized carbons (Fsp3) is 0. The van der Waals surface area contributed by atoms with Crippen molar-refractivity contribution in [2.24, 2.45) is 11.5 Å². The fourth-order valence-electron chi connectivity index (χ4n) is 1.22. The number of rotatable bonds is 0. The Kier molecular flexibility index (Phi) is 8.39. The molecule has 0 saturated carbocycles. The molecule has 7 nitrogen and oxygen atoms in total. The van der Waals surface area contributed by atoms with Gasteiger partial charge < -0.3 is 16.9 Å². The predicted molar refractivity (Wildman–Crippen MR) is 81.3 cm³/mol. The lowest BCUT2D eigenvalue weighted by molar-refractivity contribution is 0.234. The molecule has 0 aliphatic carbocycles. The highest BCUT2D eigenvalue weighted by Crippen LogP contribution is 1.97. The van der Waals surface area contributed by atoms with Crippen LogP contribution in [0.5, 0.6) is 0 Å². The monoisotopic (exact) mass is 290 g/mol. The number of carbonyl (C=O) groups is 2. The third-order valence-electron chi connectivity index (χ3n) is 2.16. The molecule has 0 saturated heterocycles. The number of amides is 4. The first-order valence-electron chi connectivity index (χ1n) is 5.80. The summed E-state index contributed by atoms with van der Waals surface area (Å²) in [7, 11) is 0. The van der Waals surface area contributed by atoms with Gasteiger partial charge in [-0.05, 0) is 24.3 Å². The molecule has 4 amide bonds. The minimum absolute atomic E-state index is 0. The van der Waals surface area contributed by atoms with Gasteiger partial charge in [0.25, 0.3) is 0 Å². The second kappa shape index (κ2) is 9.82. The molecule has 0 spiro atoms. The minimum Gasteiger partial charge on any atom is -0.412 e. The predicted octanol–water partition coefficient (Wildman–Crippen LogP) is 1.10. The summed E-state index contributed by atoms with van der Waals surface area (Å²) in [5, 5.41) is 0. The summed E-state index contributed by atoms with van der Waals surface area (Å²) in [4.78, 5) is 23.7. The van der Waals surface area contributed by atoms with Crippen molar-refractivity contribution in [2.75, 3.05) is 0 Å². The van der Waals surface area contributed by atoms with E-state index < -0.39 is 12.1 Å². The van der Waals surface area contributed by atoms with Gasteiger partial charge in [0.1, 0.15) is 0 Å². The van der Waals surface area contributed by atoms with Gasteiger partial charge in [0, 0.05) is 24.8 Å². The van der Waals surface area contributed by atoms with Crippen molar-refractivity contribution < 1.29 is 15.1 Å². The lowest BCUT2D eigenvalue weighted by atomic mass is 10.5. The summed E-state index contributed by atoms with van der Waals surface area (Å²) in [6.07, 6.45) is 20.6. The lowest BCUT2D eigenvalue weighted by Crippen LogP contribution is -2.25. The zero-order valence-corrected chi connectivity index (χ0v) is 11.3. The van der Waals surface area contributed by atoms with Crippen molar-refractivity contribution in [1.29, 1.82) is 0 Å². The first-order chi connectivity index (χ1) is 9.61. The Morgan fingerprint density at radius 2 is 0.810 bits per heavy atom. The van der Waals surface area contributed by atoms with Crippen molar-refractivity contribution >= 4 is 12.1 Å². The topological polar surface area (TPSA) is 124 Å². The third kappa shape index (κ3) is 7.19.